The summed E-state index contributed by atoms with van der Waals surface area (Å²) in [5.74, 6) is 0.633. The molecule has 1 aliphatic heterocycles. The minimum Gasteiger partial charge on any atom is -0.497 e. The predicted octanol–water partition coefficient (Wildman–Crippen LogP) is 1.68. The molecule has 1 amide bonds. The lowest BCUT2D eigenvalue weighted by Crippen LogP contribution is -2.47. The molecule has 0 unspecified atom stereocenters. The third-order valence-corrected chi connectivity index (χ3v) is 3.65. The van der Waals surface area contributed by atoms with E-state index in [1.54, 1.807) is 30.2 Å². The van der Waals surface area contributed by atoms with E-state index in [1.165, 1.54) is 0 Å². The highest BCUT2D eigenvalue weighted by atomic mass is 16.5. The Morgan fingerprint density at radius 1 is 1.56 bits per heavy atom. The second kappa shape index (κ2) is 4.98. The number of nitrogens with zero attached hydrogens (tertiary/aromatic N) is 1. The van der Waals surface area contributed by atoms with Crippen LogP contribution in [0.15, 0.2) is 24.3 Å². The first-order valence-corrected chi connectivity index (χ1v) is 6.17. The lowest BCUT2D eigenvalue weighted by molar-refractivity contribution is 0.0472. The van der Waals surface area contributed by atoms with Crippen molar-refractivity contribution < 1.29 is 14.6 Å². The molecule has 0 radical (unpaired) electrons. The summed E-state index contributed by atoms with van der Waals surface area (Å²) in [6, 6.07) is 7.13. The van der Waals surface area contributed by atoms with Gasteiger partial charge in [-0.1, -0.05) is 6.07 Å². The van der Waals surface area contributed by atoms with Crippen LogP contribution in [0.3, 0.4) is 0 Å². The number of hydrogen-bond acceptors (Lipinski definition) is 3. The van der Waals surface area contributed by atoms with Gasteiger partial charge in [-0.25, -0.2) is 0 Å². The van der Waals surface area contributed by atoms with Crippen LogP contribution in [-0.2, 0) is 0 Å². The Labute approximate surface area is 107 Å². The van der Waals surface area contributed by atoms with E-state index >= 15 is 0 Å². The van der Waals surface area contributed by atoms with Crippen LogP contribution in [0.4, 0.5) is 0 Å². The molecule has 4 nitrogen and oxygen atoms in total. The number of hydrogen-bond donors (Lipinski definition) is 1. The van der Waals surface area contributed by atoms with Crippen LogP contribution in [0.5, 0.6) is 5.75 Å². The zero-order chi connectivity index (χ0) is 13.2. The van der Waals surface area contributed by atoms with Gasteiger partial charge < -0.3 is 14.7 Å². The summed E-state index contributed by atoms with van der Waals surface area (Å²) in [4.78, 5) is 14.2. The molecule has 0 spiro atoms. The highest BCUT2D eigenvalue weighted by molar-refractivity contribution is 5.95. The number of likely N-dealkylation sites (tertiary alicyclic amines) is 1. The second-order valence-electron chi connectivity index (χ2n) is 4.95. The first-order chi connectivity index (χ1) is 8.60. The molecule has 2 rings (SSSR count). The van der Waals surface area contributed by atoms with Crippen molar-refractivity contribution in [2.45, 2.75) is 25.3 Å². The van der Waals surface area contributed by atoms with Crippen LogP contribution in [0, 0.1) is 0 Å². The van der Waals surface area contributed by atoms with E-state index in [0.29, 0.717) is 17.9 Å². The van der Waals surface area contributed by atoms with Crippen molar-refractivity contribution in [1.82, 2.24) is 4.90 Å². The normalized spacial score (nSPS) is 23.2. The SMILES string of the molecule is COc1cccc(C(=O)N2CCC[C@]2(C)CO)c1. The second-order valence-corrected chi connectivity index (χ2v) is 4.95. The summed E-state index contributed by atoms with van der Waals surface area (Å²) in [7, 11) is 1.58. The molecule has 0 bridgehead atoms. The molecule has 0 aromatic heterocycles. The Morgan fingerprint density at radius 2 is 2.33 bits per heavy atom. The van der Waals surface area contributed by atoms with E-state index in [9.17, 15) is 9.90 Å². The number of aliphatic hydroxyl groups excluding tert-OH is 1. The van der Waals surface area contributed by atoms with Crippen molar-refractivity contribution >= 4 is 5.91 Å². The molecule has 0 saturated carbocycles. The van der Waals surface area contributed by atoms with Gasteiger partial charge in [-0.05, 0) is 38.0 Å². The molecule has 1 saturated heterocycles. The summed E-state index contributed by atoms with van der Waals surface area (Å²) in [6.45, 7) is 2.63. The van der Waals surface area contributed by atoms with Crippen molar-refractivity contribution in [3.8, 4) is 5.75 Å². The maximum absolute atomic E-state index is 12.4. The van der Waals surface area contributed by atoms with Gasteiger partial charge in [-0.3, -0.25) is 4.79 Å². The molecule has 0 aliphatic carbocycles. The number of methoxy groups -OCH3 is 1. The van der Waals surface area contributed by atoms with Gasteiger partial charge in [0, 0.05) is 12.1 Å². The van der Waals surface area contributed by atoms with Gasteiger partial charge in [0.15, 0.2) is 0 Å². The van der Waals surface area contributed by atoms with Crippen LogP contribution in [0.2, 0.25) is 0 Å². The fourth-order valence-corrected chi connectivity index (χ4v) is 2.45. The van der Waals surface area contributed by atoms with Gasteiger partial charge in [0.25, 0.3) is 5.91 Å². The van der Waals surface area contributed by atoms with Gasteiger partial charge in [0.05, 0.1) is 19.3 Å². The van der Waals surface area contributed by atoms with Gasteiger partial charge in [-0.15, -0.1) is 0 Å². The largest absolute Gasteiger partial charge is 0.497 e. The average Bonchev–Trinajstić information content (AvgIpc) is 2.80. The van der Waals surface area contributed by atoms with Gasteiger partial charge in [0.2, 0.25) is 0 Å². The maximum atomic E-state index is 12.4. The quantitative estimate of drug-likeness (QED) is 0.886. The van der Waals surface area contributed by atoms with Crippen molar-refractivity contribution in [1.29, 1.82) is 0 Å². The molecular formula is C14H19NO3. The van der Waals surface area contributed by atoms with Crippen molar-refractivity contribution in [2.24, 2.45) is 0 Å². The summed E-state index contributed by atoms with van der Waals surface area (Å²) >= 11 is 0. The highest BCUT2D eigenvalue weighted by Crippen LogP contribution is 2.30. The number of carbonyl (C=O) groups excluding carboxylic acids is 1. The molecular weight excluding hydrogens is 230 g/mol. The summed E-state index contributed by atoms with van der Waals surface area (Å²) in [6.07, 6.45) is 1.78. The topological polar surface area (TPSA) is 49.8 Å². The molecule has 18 heavy (non-hydrogen) atoms. The Morgan fingerprint density at radius 3 is 3.00 bits per heavy atom. The van der Waals surface area contributed by atoms with E-state index in [1.807, 2.05) is 13.0 Å². The van der Waals surface area contributed by atoms with E-state index < -0.39 is 5.54 Å². The number of benzene rings is 1. The van der Waals surface area contributed by atoms with Crippen LogP contribution in [0.25, 0.3) is 0 Å². The Kier molecular flexibility index (Phi) is 3.57. The van der Waals surface area contributed by atoms with Gasteiger partial charge in [0.1, 0.15) is 5.75 Å². The zero-order valence-corrected chi connectivity index (χ0v) is 10.8. The van der Waals surface area contributed by atoms with E-state index in [2.05, 4.69) is 0 Å². The molecule has 98 valence electrons. The molecule has 1 aromatic rings. The van der Waals surface area contributed by atoms with E-state index in [-0.39, 0.29) is 12.5 Å². The number of ether oxygens (including phenoxy) is 1. The first-order valence-electron chi connectivity index (χ1n) is 6.17. The lowest BCUT2D eigenvalue weighted by atomic mass is 9.99. The van der Waals surface area contributed by atoms with Gasteiger partial charge in [-0.2, -0.15) is 0 Å². The van der Waals surface area contributed by atoms with Crippen molar-refractivity contribution in [3.05, 3.63) is 29.8 Å². The van der Waals surface area contributed by atoms with E-state index in [0.717, 1.165) is 12.8 Å². The smallest absolute Gasteiger partial charge is 0.254 e. The zero-order valence-electron chi connectivity index (χ0n) is 10.8. The summed E-state index contributed by atoms with van der Waals surface area (Å²) < 4.78 is 5.13. The third-order valence-electron chi connectivity index (χ3n) is 3.65. The van der Waals surface area contributed by atoms with Crippen LogP contribution in [0.1, 0.15) is 30.1 Å². The van der Waals surface area contributed by atoms with Crippen LogP contribution >= 0.6 is 0 Å². The molecule has 1 fully saturated rings. The van der Waals surface area contributed by atoms with Crippen LogP contribution in [-0.4, -0.2) is 41.7 Å². The average molecular weight is 249 g/mol. The minimum atomic E-state index is -0.430. The molecule has 1 atom stereocenters. The Balaban J connectivity index is 2.25. The van der Waals surface area contributed by atoms with Crippen molar-refractivity contribution in [2.75, 3.05) is 20.3 Å². The van der Waals surface area contributed by atoms with Crippen molar-refractivity contribution in [3.63, 3.8) is 0 Å². The molecule has 4 heteroatoms. The third kappa shape index (κ3) is 2.20. The highest BCUT2D eigenvalue weighted by Gasteiger charge is 2.39. The minimum absolute atomic E-state index is 0.00269. The van der Waals surface area contributed by atoms with Crippen LogP contribution < -0.4 is 4.74 Å². The Hall–Kier alpha value is -1.55. The summed E-state index contributed by atoms with van der Waals surface area (Å²) in [5, 5.41) is 9.47. The number of carbonyl (C=O) groups is 1. The fraction of sp³-hybridized carbons (Fsp3) is 0.500. The lowest BCUT2D eigenvalue weighted by Gasteiger charge is -2.33. The fourth-order valence-electron chi connectivity index (χ4n) is 2.45. The molecule has 1 heterocycles. The van der Waals surface area contributed by atoms with Gasteiger partial charge >= 0.3 is 0 Å². The first kappa shape index (κ1) is 12.9. The molecule has 1 aromatic carbocycles. The monoisotopic (exact) mass is 249 g/mol. The number of aliphatic hydroxyl groups is 1. The standard InChI is InChI=1S/C14H19NO3/c1-14(10-16)7-4-8-15(14)13(17)11-5-3-6-12(9-11)18-2/h3,5-6,9,16H,4,7-8,10H2,1-2H3/t14-/m1/s1. The predicted molar refractivity (Wildman–Crippen MR) is 68.8 cm³/mol. The Bertz CT molecular complexity index is 446. The van der Waals surface area contributed by atoms with E-state index in [4.69, 9.17) is 4.74 Å². The summed E-state index contributed by atoms with van der Waals surface area (Å²) in [5.41, 5.74) is 0.177. The number of rotatable bonds is 3. The maximum Gasteiger partial charge on any atom is 0.254 e. The molecule has 1 aliphatic rings. The molecule has 1 N–H and O–H groups in total. The number of amides is 1.